The van der Waals surface area contributed by atoms with Gasteiger partial charge in [-0.2, -0.15) is 0 Å². The van der Waals surface area contributed by atoms with E-state index in [2.05, 4.69) is 5.32 Å². The van der Waals surface area contributed by atoms with Gasteiger partial charge in [0.05, 0.1) is 0 Å². The van der Waals surface area contributed by atoms with Gasteiger partial charge in [0.25, 0.3) is 5.91 Å². The van der Waals surface area contributed by atoms with Crippen molar-refractivity contribution in [3.63, 3.8) is 0 Å². The van der Waals surface area contributed by atoms with Crippen LogP contribution in [0.4, 0.5) is 5.00 Å². The van der Waals surface area contributed by atoms with Crippen LogP contribution in [0.25, 0.3) is 21.8 Å². The summed E-state index contributed by atoms with van der Waals surface area (Å²) in [5.74, 6) is -0.154. The predicted molar refractivity (Wildman–Crippen MR) is 112 cm³/mol. The first-order valence-corrected chi connectivity index (χ1v) is 9.59. The van der Waals surface area contributed by atoms with Crippen LogP contribution in [-0.4, -0.2) is 10.9 Å². The van der Waals surface area contributed by atoms with Crippen LogP contribution < -0.4 is 5.32 Å². The highest BCUT2D eigenvalue weighted by molar-refractivity contribution is 7.19. The van der Waals surface area contributed by atoms with Gasteiger partial charge in [-0.05, 0) is 24.3 Å². The van der Waals surface area contributed by atoms with Gasteiger partial charge in [-0.1, -0.05) is 83.6 Å². The van der Waals surface area contributed by atoms with Gasteiger partial charge in [0, 0.05) is 21.7 Å². The first-order valence-electron chi connectivity index (χ1n) is 8.39. The van der Waals surface area contributed by atoms with E-state index in [0.29, 0.717) is 10.6 Å². The second kappa shape index (κ2) is 7.74. The standard InChI is InChI=1S/C22H15ClN2OS/c23-18-13-11-17(12-14-18)21-24-19(15-7-3-1-4-8-15)22(27-21)25-20(26)16-9-5-2-6-10-16/h1-14H,(H,25,26). The zero-order valence-electron chi connectivity index (χ0n) is 14.2. The van der Waals surface area contributed by atoms with Gasteiger partial charge in [0.15, 0.2) is 0 Å². The summed E-state index contributed by atoms with van der Waals surface area (Å²) in [6.45, 7) is 0. The topological polar surface area (TPSA) is 42.0 Å². The van der Waals surface area contributed by atoms with E-state index in [9.17, 15) is 4.79 Å². The molecule has 0 saturated carbocycles. The molecule has 3 aromatic carbocycles. The number of amides is 1. The van der Waals surface area contributed by atoms with Crippen LogP contribution in [0.3, 0.4) is 0 Å². The molecule has 0 spiro atoms. The van der Waals surface area contributed by atoms with Crippen LogP contribution >= 0.6 is 22.9 Å². The van der Waals surface area contributed by atoms with Crippen LogP contribution in [0.2, 0.25) is 5.02 Å². The number of hydrogen-bond donors (Lipinski definition) is 1. The van der Waals surface area contributed by atoms with Crippen molar-refractivity contribution >= 4 is 33.8 Å². The maximum atomic E-state index is 12.6. The number of thiazole rings is 1. The molecule has 1 heterocycles. The van der Waals surface area contributed by atoms with Gasteiger partial charge in [-0.15, -0.1) is 0 Å². The monoisotopic (exact) mass is 390 g/mol. The second-order valence-electron chi connectivity index (χ2n) is 5.89. The molecule has 4 aromatic rings. The number of nitrogens with zero attached hydrogens (tertiary/aromatic N) is 1. The summed E-state index contributed by atoms with van der Waals surface area (Å²) in [7, 11) is 0. The Morgan fingerprint density at radius 3 is 2.11 bits per heavy atom. The van der Waals surface area contributed by atoms with Crippen LogP contribution in [0.15, 0.2) is 84.9 Å². The zero-order chi connectivity index (χ0) is 18.6. The lowest BCUT2D eigenvalue weighted by Gasteiger charge is -2.05. The van der Waals surface area contributed by atoms with E-state index in [1.165, 1.54) is 11.3 Å². The second-order valence-corrected chi connectivity index (χ2v) is 7.33. The molecule has 0 radical (unpaired) electrons. The Hall–Kier alpha value is -2.95. The number of benzene rings is 3. The summed E-state index contributed by atoms with van der Waals surface area (Å²) in [4.78, 5) is 17.4. The molecular weight excluding hydrogens is 376 g/mol. The molecule has 0 unspecified atom stereocenters. The van der Waals surface area contributed by atoms with Gasteiger partial charge < -0.3 is 5.32 Å². The normalized spacial score (nSPS) is 10.6. The number of halogens is 1. The molecule has 0 atom stereocenters. The summed E-state index contributed by atoms with van der Waals surface area (Å²) in [5, 5.41) is 5.24. The van der Waals surface area contributed by atoms with E-state index < -0.39 is 0 Å². The van der Waals surface area contributed by atoms with E-state index in [0.717, 1.165) is 26.8 Å². The van der Waals surface area contributed by atoms with Crippen molar-refractivity contribution in [3.8, 4) is 21.8 Å². The molecule has 0 fully saturated rings. The molecule has 1 N–H and O–H groups in total. The SMILES string of the molecule is O=C(Nc1sc(-c2ccc(Cl)cc2)nc1-c1ccccc1)c1ccccc1. The fraction of sp³-hybridized carbons (Fsp3) is 0. The van der Waals surface area contributed by atoms with Crippen molar-refractivity contribution in [2.45, 2.75) is 0 Å². The summed E-state index contributed by atoms with van der Waals surface area (Å²) in [6, 6.07) is 26.5. The highest BCUT2D eigenvalue weighted by Crippen LogP contribution is 2.38. The van der Waals surface area contributed by atoms with E-state index in [4.69, 9.17) is 16.6 Å². The molecule has 0 aliphatic heterocycles. The minimum absolute atomic E-state index is 0.154. The molecule has 0 aliphatic rings. The molecular formula is C22H15ClN2OS. The van der Waals surface area contributed by atoms with Crippen LogP contribution in [0, 0.1) is 0 Å². The van der Waals surface area contributed by atoms with Gasteiger partial charge >= 0.3 is 0 Å². The molecule has 1 amide bonds. The molecule has 0 aliphatic carbocycles. The average molecular weight is 391 g/mol. The molecule has 0 saturated heterocycles. The Labute approximate surface area is 166 Å². The first kappa shape index (κ1) is 17.5. The van der Waals surface area contributed by atoms with Crippen molar-refractivity contribution in [1.82, 2.24) is 4.98 Å². The van der Waals surface area contributed by atoms with Crippen molar-refractivity contribution in [3.05, 3.63) is 95.5 Å². The smallest absolute Gasteiger partial charge is 0.256 e. The molecule has 3 nitrogen and oxygen atoms in total. The minimum Gasteiger partial charge on any atom is -0.312 e. The zero-order valence-corrected chi connectivity index (χ0v) is 15.8. The molecule has 132 valence electrons. The van der Waals surface area contributed by atoms with Gasteiger partial charge in [0.2, 0.25) is 0 Å². The number of rotatable bonds is 4. The lowest BCUT2D eigenvalue weighted by Crippen LogP contribution is -2.11. The summed E-state index contributed by atoms with van der Waals surface area (Å²) in [5.41, 5.74) is 3.28. The Kier molecular flexibility index (Phi) is 5.01. The lowest BCUT2D eigenvalue weighted by atomic mass is 10.1. The fourth-order valence-corrected chi connectivity index (χ4v) is 3.79. The number of aromatic nitrogens is 1. The van der Waals surface area contributed by atoms with E-state index in [1.807, 2.05) is 72.8 Å². The van der Waals surface area contributed by atoms with Gasteiger partial charge in [-0.25, -0.2) is 4.98 Å². The molecule has 5 heteroatoms. The maximum Gasteiger partial charge on any atom is 0.256 e. The van der Waals surface area contributed by atoms with Crippen molar-refractivity contribution < 1.29 is 4.79 Å². The molecule has 1 aromatic heterocycles. The number of carbonyl (C=O) groups is 1. The van der Waals surface area contributed by atoms with E-state index in [1.54, 1.807) is 12.1 Å². The average Bonchev–Trinajstić information content (AvgIpc) is 3.13. The third-order valence-electron chi connectivity index (χ3n) is 4.03. The highest BCUT2D eigenvalue weighted by Gasteiger charge is 2.17. The Balaban J connectivity index is 1.74. The van der Waals surface area contributed by atoms with Crippen molar-refractivity contribution in [2.24, 2.45) is 0 Å². The van der Waals surface area contributed by atoms with Crippen LogP contribution in [0.1, 0.15) is 10.4 Å². The molecule has 0 bridgehead atoms. The third-order valence-corrected chi connectivity index (χ3v) is 5.30. The summed E-state index contributed by atoms with van der Waals surface area (Å²) < 4.78 is 0. The Morgan fingerprint density at radius 2 is 1.44 bits per heavy atom. The summed E-state index contributed by atoms with van der Waals surface area (Å²) >= 11 is 7.44. The lowest BCUT2D eigenvalue weighted by molar-refractivity contribution is 0.102. The molecule has 27 heavy (non-hydrogen) atoms. The number of anilines is 1. The van der Waals surface area contributed by atoms with Crippen LogP contribution in [-0.2, 0) is 0 Å². The van der Waals surface area contributed by atoms with E-state index in [-0.39, 0.29) is 5.91 Å². The molecule has 4 rings (SSSR count). The van der Waals surface area contributed by atoms with E-state index >= 15 is 0 Å². The van der Waals surface area contributed by atoms with Gasteiger partial charge in [0.1, 0.15) is 15.7 Å². The van der Waals surface area contributed by atoms with Crippen LogP contribution in [0.5, 0.6) is 0 Å². The third kappa shape index (κ3) is 3.92. The minimum atomic E-state index is -0.154. The number of nitrogens with one attached hydrogen (secondary N) is 1. The Bertz CT molecular complexity index is 1060. The van der Waals surface area contributed by atoms with Gasteiger partial charge in [-0.3, -0.25) is 4.79 Å². The number of carbonyl (C=O) groups excluding carboxylic acids is 1. The summed E-state index contributed by atoms with van der Waals surface area (Å²) in [6.07, 6.45) is 0. The predicted octanol–water partition coefficient (Wildman–Crippen LogP) is 6.38. The quantitative estimate of drug-likeness (QED) is 0.439. The number of hydrogen-bond acceptors (Lipinski definition) is 3. The fourth-order valence-electron chi connectivity index (χ4n) is 2.68. The van der Waals surface area contributed by atoms with Crippen molar-refractivity contribution in [2.75, 3.05) is 5.32 Å². The maximum absolute atomic E-state index is 12.6. The first-order chi connectivity index (χ1) is 13.2. The Morgan fingerprint density at radius 1 is 0.815 bits per heavy atom. The van der Waals surface area contributed by atoms with Crippen molar-refractivity contribution in [1.29, 1.82) is 0 Å². The highest BCUT2D eigenvalue weighted by atomic mass is 35.5. The largest absolute Gasteiger partial charge is 0.312 e.